The number of carbonyl (C=O) groups excluding carboxylic acids is 1. The Morgan fingerprint density at radius 1 is 1.44 bits per heavy atom. The maximum Gasteiger partial charge on any atom is 0.237 e. The zero-order valence-electron chi connectivity index (χ0n) is 11.7. The summed E-state index contributed by atoms with van der Waals surface area (Å²) in [4.78, 5) is 14.5. The van der Waals surface area contributed by atoms with Gasteiger partial charge < -0.3 is 15.5 Å². The number of nitrogens with one attached hydrogen (secondary N) is 2. The lowest BCUT2D eigenvalue weighted by Gasteiger charge is -2.33. The van der Waals surface area contributed by atoms with E-state index in [1.54, 1.807) is 0 Å². The predicted molar refractivity (Wildman–Crippen MR) is 73.5 cm³/mol. The Morgan fingerprint density at radius 2 is 2.28 bits per heavy atom. The second kappa shape index (κ2) is 6.53. The summed E-state index contributed by atoms with van der Waals surface area (Å²) in [5.74, 6) is 0.989. The largest absolute Gasteiger partial charge is 0.351 e. The molecule has 0 aromatic carbocycles. The fourth-order valence-corrected chi connectivity index (χ4v) is 3.14. The fourth-order valence-electron chi connectivity index (χ4n) is 3.14. The van der Waals surface area contributed by atoms with Gasteiger partial charge in [0.05, 0.1) is 6.04 Å². The highest BCUT2D eigenvalue weighted by atomic mass is 16.2. The van der Waals surface area contributed by atoms with E-state index in [9.17, 15) is 4.79 Å². The van der Waals surface area contributed by atoms with Crippen molar-refractivity contribution in [2.45, 2.75) is 51.6 Å². The minimum Gasteiger partial charge on any atom is -0.351 e. The summed E-state index contributed by atoms with van der Waals surface area (Å²) in [6.07, 6.45) is 4.75. The average molecular weight is 253 g/mol. The van der Waals surface area contributed by atoms with Crippen molar-refractivity contribution in [3.05, 3.63) is 0 Å². The number of piperidine rings is 1. The summed E-state index contributed by atoms with van der Waals surface area (Å²) in [6, 6.07) is 0.304. The number of hydrogen-bond acceptors (Lipinski definition) is 3. The van der Waals surface area contributed by atoms with Crippen LogP contribution < -0.4 is 10.6 Å². The molecule has 0 aromatic heterocycles. The van der Waals surface area contributed by atoms with E-state index < -0.39 is 0 Å². The molecule has 1 amide bonds. The van der Waals surface area contributed by atoms with Crippen molar-refractivity contribution in [1.82, 2.24) is 15.5 Å². The number of hydrogen-bond donors (Lipinski definition) is 2. The molecule has 4 nitrogen and oxygen atoms in total. The highest BCUT2D eigenvalue weighted by molar-refractivity contribution is 5.82. The van der Waals surface area contributed by atoms with Gasteiger partial charge in [0.25, 0.3) is 0 Å². The maximum atomic E-state index is 12.0. The van der Waals surface area contributed by atoms with Crippen molar-refractivity contribution >= 4 is 5.91 Å². The Labute approximate surface area is 110 Å². The minimum absolute atomic E-state index is 0.0488. The normalized spacial score (nSPS) is 31.2. The third-order valence-corrected chi connectivity index (χ3v) is 4.04. The van der Waals surface area contributed by atoms with Crippen LogP contribution in [0.2, 0.25) is 0 Å². The highest BCUT2D eigenvalue weighted by Gasteiger charge is 2.24. The van der Waals surface area contributed by atoms with E-state index in [1.165, 1.54) is 25.9 Å². The summed E-state index contributed by atoms with van der Waals surface area (Å²) >= 11 is 0. The van der Waals surface area contributed by atoms with Gasteiger partial charge in [-0.2, -0.15) is 0 Å². The SMILES string of the molecule is CC1CCCN(CC(C)NC(=O)C2CCCN2)C1. The van der Waals surface area contributed by atoms with E-state index >= 15 is 0 Å². The number of nitrogens with zero attached hydrogens (tertiary/aromatic N) is 1. The topological polar surface area (TPSA) is 44.4 Å². The van der Waals surface area contributed by atoms with Gasteiger partial charge >= 0.3 is 0 Å². The quantitative estimate of drug-likeness (QED) is 0.785. The number of rotatable bonds is 4. The van der Waals surface area contributed by atoms with E-state index in [-0.39, 0.29) is 18.0 Å². The van der Waals surface area contributed by atoms with Gasteiger partial charge in [0.2, 0.25) is 5.91 Å². The number of likely N-dealkylation sites (tertiary alicyclic amines) is 1. The van der Waals surface area contributed by atoms with Crippen LogP contribution in [-0.2, 0) is 4.79 Å². The Balaban J connectivity index is 1.70. The van der Waals surface area contributed by atoms with Crippen molar-refractivity contribution in [3.63, 3.8) is 0 Å². The van der Waals surface area contributed by atoms with E-state index in [0.29, 0.717) is 0 Å². The van der Waals surface area contributed by atoms with Gasteiger partial charge in [-0.1, -0.05) is 6.92 Å². The van der Waals surface area contributed by atoms with Gasteiger partial charge in [0.15, 0.2) is 0 Å². The Kier molecular flexibility index (Phi) is 5.01. The second-order valence-corrected chi connectivity index (χ2v) is 6.07. The predicted octanol–water partition coefficient (Wildman–Crippen LogP) is 0.975. The molecule has 4 heteroatoms. The fraction of sp³-hybridized carbons (Fsp3) is 0.929. The molecule has 104 valence electrons. The Bertz CT molecular complexity index is 276. The van der Waals surface area contributed by atoms with Crippen molar-refractivity contribution < 1.29 is 4.79 Å². The van der Waals surface area contributed by atoms with Crippen molar-refractivity contribution in [2.24, 2.45) is 5.92 Å². The molecular formula is C14H27N3O. The average Bonchev–Trinajstić information content (AvgIpc) is 2.81. The van der Waals surface area contributed by atoms with Gasteiger partial charge in [-0.05, 0) is 51.6 Å². The summed E-state index contributed by atoms with van der Waals surface area (Å²) < 4.78 is 0. The van der Waals surface area contributed by atoms with Gasteiger partial charge in [-0.15, -0.1) is 0 Å². The molecule has 3 unspecified atom stereocenters. The van der Waals surface area contributed by atoms with Crippen molar-refractivity contribution in [2.75, 3.05) is 26.2 Å². The van der Waals surface area contributed by atoms with Crippen molar-refractivity contribution in [1.29, 1.82) is 0 Å². The first kappa shape index (κ1) is 13.8. The van der Waals surface area contributed by atoms with Crippen LogP contribution in [-0.4, -0.2) is 49.1 Å². The molecule has 0 aliphatic carbocycles. The monoisotopic (exact) mass is 253 g/mol. The molecule has 0 bridgehead atoms. The molecule has 2 heterocycles. The number of amides is 1. The summed E-state index contributed by atoms with van der Waals surface area (Å²) in [5, 5.41) is 6.39. The van der Waals surface area contributed by atoms with Crippen LogP contribution in [0.5, 0.6) is 0 Å². The van der Waals surface area contributed by atoms with Crippen LogP contribution in [0.1, 0.15) is 39.5 Å². The molecule has 0 spiro atoms. The molecule has 0 aromatic rings. The molecule has 0 radical (unpaired) electrons. The smallest absolute Gasteiger partial charge is 0.237 e. The van der Waals surface area contributed by atoms with Crippen LogP contribution in [0.25, 0.3) is 0 Å². The van der Waals surface area contributed by atoms with E-state index in [4.69, 9.17) is 0 Å². The molecule has 2 fully saturated rings. The first-order chi connectivity index (χ1) is 8.65. The highest BCUT2D eigenvalue weighted by Crippen LogP contribution is 2.15. The standard InChI is InChI=1S/C14H27N3O/c1-11-5-4-8-17(9-11)10-12(2)16-14(18)13-6-3-7-15-13/h11-13,15H,3-10H2,1-2H3,(H,16,18). The Hall–Kier alpha value is -0.610. The summed E-state index contributed by atoms with van der Waals surface area (Å²) in [6.45, 7) is 8.77. The Morgan fingerprint density at radius 3 is 2.94 bits per heavy atom. The molecule has 2 aliphatic rings. The van der Waals surface area contributed by atoms with Crippen LogP contribution in [0.3, 0.4) is 0 Å². The van der Waals surface area contributed by atoms with Gasteiger partial charge in [-0.25, -0.2) is 0 Å². The zero-order chi connectivity index (χ0) is 13.0. The lowest BCUT2D eigenvalue weighted by molar-refractivity contribution is -0.123. The van der Waals surface area contributed by atoms with E-state index in [2.05, 4.69) is 29.4 Å². The zero-order valence-corrected chi connectivity index (χ0v) is 11.7. The molecule has 2 saturated heterocycles. The van der Waals surface area contributed by atoms with E-state index in [1.807, 2.05) is 0 Å². The maximum absolute atomic E-state index is 12.0. The third kappa shape index (κ3) is 3.95. The molecule has 0 saturated carbocycles. The summed E-state index contributed by atoms with van der Waals surface area (Å²) in [7, 11) is 0. The van der Waals surface area contributed by atoms with Crippen LogP contribution >= 0.6 is 0 Å². The van der Waals surface area contributed by atoms with Gasteiger partial charge in [-0.3, -0.25) is 4.79 Å². The minimum atomic E-state index is 0.0488. The number of carbonyl (C=O) groups is 1. The van der Waals surface area contributed by atoms with Gasteiger partial charge in [0, 0.05) is 19.1 Å². The molecule has 2 N–H and O–H groups in total. The lowest BCUT2D eigenvalue weighted by Crippen LogP contribution is -2.49. The van der Waals surface area contributed by atoms with Crippen LogP contribution in [0, 0.1) is 5.92 Å². The second-order valence-electron chi connectivity index (χ2n) is 6.07. The molecule has 2 rings (SSSR count). The molecular weight excluding hydrogens is 226 g/mol. The summed E-state index contributed by atoms with van der Waals surface area (Å²) in [5.41, 5.74) is 0. The molecule has 2 aliphatic heterocycles. The lowest BCUT2D eigenvalue weighted by atomic mass is 10.00. The third-order valence-electron chi connectivity index (χ3n) is 4.04. The molecule has 3 atom stereocenters. The first-order valence-electron chi connectivity index (χ1n) is 7.41. The van der Waals surface area contributed by atoms with Crippen molar-refractivity contribution in [3.8, 4) is 0 Å². The van der Waals surface area contributed by atoms with Crippen LogP contribution in [0.15, 0.2) is 0 Å². The van der Waals surface area contributed by atoms with E-state index in [0.717, 1.165) is 31.8 Å². The van der Waals surface area contributed by atoms with Gasteiger partial charge in [0.1, 0.15) is 0 Å². The first-order valence-corrected chi connectivity index (χ1v) is 7.41. The molecule has 18 heavy (non-hydrogen) atoms. The van der Waals surface area contributed by atoms with Crippen LogP contribution in [0.4, 0.5) is 0 Å².